The van der Waals surface area contributed by atoms with Crippen LogP contribution in [-0.2, 0) is 7.05 Å². The average Bonchev–Trinajstić information content (AvgIpc) is 3.41. The summed E-state index contributed by atoms with van der Waals surface area (Å²) < 4.78 is 7.37. The fourth-order valence-electron chi connectivity index (χ4n) is 3.56. The highest BCUT2D eigenvalue weighted by Gasteiger charge is 2.16. The molecule has 0 saturated carbocycles. The Morgan fingerprint density at radius 1 is 1.00 bits per heavy atom. The van der Waals surface area contributed by atoms with E-state index in [1.807, 2.05) is 55.8 Å². The molecule has 0 spiro atoms. The maximum atomic E-state index is 5.59. The van der Waals surface area contributed by atoms with Gasteiger partial charge in [0.25, 0.3) is 0 Å². The lowest BCUT2D eigenvalue weighted by atomic mass is 10.0. The second-order valence-electron chi connectivity index (χ2n) is 6.93. The van der Waals surface area contributed by atoms with Crippen molar-refractivity contribution in [2.75, 3.05) is 12.4 Å². The van der Waals surface area contributed by atoms with Gasteiger partial charge in [-0.3, -0.25) is 4.68 Å². The molecule has 0 aliphatic rings. The number of rotatable bonds is 5. The highest BCUT2D eigenvalue weighted by atomic mass is 16.5. The Morgan fingerprint density at radius 2 is 1.84 bits per heavy atom. The van der Waals surface area contributed by atoms with E-state index in [1.54, 1.807) is 11.8 Å². The Morgan fingerprint density at radius 3 is 2.58 bits per heavy atom. The molecule has 0 aliphatic heterocycles. The molecule has 0 amide bonds. The SMILES string of the molecule is C.COc1ccc(-c2ccccc2)cc1Nc1ncnc2[nH]cc(-c3ccn(C)n3)c12. The quantitative estimate of drug-likeness (QED) is 0.403. The van der Waals surface area contributed by atoms with Gasteiger partial charge in [-0.1, -0.05) is 43.8 Å². The third kappa shape index (κ3) is 3.73. The molecule has 7 nitrogen and oxygen atoms in total. The lowest BCUT2D eigenvalue weighted by Gasteiger charge is -2.13. The van der Waals surface area contributed by atoms with Crippen LogP contribution in [0, 0.1) is 0 Å². The highest BCUT2D eigenvalue weighted by Crippen LogP contribution is 2.36. The van der Waals surface area contributed by atoms with Gasteiger partial charge in [0.15, 0.2) is 0 Å². The van der Waals surface area contributed by atoms with Crippen LogP contribution >= 0.6 is 0 Å². The van der Waals surface area contributed by atoms with E-state index in [4.69, 9.17) is 4.74 Å². The number of ether oxygens (including phenoxy) is 1. The number of aryl methyl sites for hydroxylation is 1. The maximum Gasteiger partial charge on any atom is 0.144 e. The molecule has 0 radical (unpaired) electrons. The fourth-order valence-corrected chi connectivity index (χ4v) is 3.56. The summed E-state index contributed by atoms with van der Waals surface area (Å²) in [7, 11) is 3.56. The summed E-state index contributed by atoms with van der Waals surface area (Å²) in [6.45, 7) is 0. The summed E-state index contributed by atoms with van der Waals surface area (Å²) >= 11 is 0. The zero-order chi connectivity index (χ0) is 20.5. The summed E-state index contributed by atoms with van der Waals surface area (Å²) in [4.78, 5) is 12.1. The van der Waals surface area contributed by atoms with Crippen LogP contribution in [-0.4, -0.2) is 31.8 Å². The summed E-state index contributed by atoms with van der Waals surface area (Å²) in [6, 6.07) is 18.3. The molecular weight excluding hydrogens is 388 g/mol. The van der Waals surface area contributed by atoms with Gasteiger partial charge in [-0.25, -0.2) is 9.97 Å². The minimum absolute atomic E-state index is 0. The molecule has 0 bridgehead atoms. The Kier molecular flexibility index (Phi) is 5.41. The number of hydrogen-bond donors (Lipinski definition) is 2. The molecule has 3 aromatic heterocycles. The first-order valence-corrected chi connectivity index (χ1v) is 9.55. The molecule has 7 heteroatoms. The minimum atomic E-state index is 0. The molecule has 5 rings (SSSR count). The van der Waals surface area contributed by atoms with Crippen LogP contribution in [0.1, 0.15) is 7.43 Å². The molecule has 0 saturated heterocycles. The first-order chi connectivity index (χ1) is 14.7. The first-order valence-electron chi connectivity index (χ1n) is 9.55. The van der Waals surface area contributed by atoms with E-state index in [9.17, 15) is 0 Å². The van der Waals surface area contributed by atoms with Crippen LogP contribution in [0.25, 0.3) is 33.4 Å². The van der Waals surface area contributed by atoms with E-state index >= 15 is 0 Å². The number of H-pyrrole nitrogens is 1. The van der Waals surface area contributed by atoms with Crippen molar-refractivity contribution in [1.29, 1.82) is 0 Å². The van der Waals surface area contributed by atoms with Gasteiger partial charge >= 0.3 is 0 Å². The third-order valence-electron chi connectivity index (χ3n) is 5.02. The van der Waals surface area contributed by atoms with E-state index in [0.29, 0.717) is 5.82 Å². The summed E-state index contributed by atoms with van der Waals surface area (Å²) in [5, 5.41) is 8.85. The second-order valence-corrected chi connectivity index (χ2v) is 6.93. The maximum absolute atomic E-state index is 5.59. The Balaban J connectivity index is 0.00000231. The van der Waals surface area contributed by atoms with Crippen LogP contribution in [0.15, 0.2) is 73.3 Å². The van der Waals surface area contributed by atoms with Gasteiger partial charge in [0.2, 0.25) is 0 Å². The minimum Gasteiger partial charge on any atom is -0.495 e. The highest BCUT2D eigenvalue weighted by molar-refractivity contribution is 6.01. The van der Waals surface area contributed by atoms with Gasteiger partial charge < -0.3 is 15.0 Å². The van der Waals surface area contributed by atoms with Crippen LogP contribution in [0.3, 0.4) is 0 Å². The predicted molar refractivity (Wildman–Crippen MR) is 125 cm³/mol. The zero-order valence-corrected chi connectivity index (χ0v) is 16.6. The fraction of sp³-hybridized carbons (Fsp3) is 0.125. The normalized spacial score (nSPS) is 10.6. The number of methoxy groups -OCH3 is 1. The van der Waals surface area contributed by atoms with E-state index < -0.39 is 0 Å². The number of aromatic nitrogens is 5. The summed E-state index contributed by atoms with van der Waals surface area (Å²) in [6.07, 6.45) is 5.36. The molecular formula is C24H24N6O. The van der Waals surface area contributed by atoms with Gasteiger partial charge in [0.1, 0.15) is 23.5 Å². The van der Waals surface area contributed by atoms with Gasteiger partial charge in [-0.15, -0.1) is 0 Å². The summed E-state index contributed by atoms with van der Waals surface area (Å²) in [5.41, 5.74) is 5.58. The topological polar surface area (TPSA) is 80.6 Å². The number of benzene rings is 2. The number of aromatic amines is 1. The lowest BCUT2D eigenvalue weighted by Crippen LogP contribution is -1.99. The van der Waals surface area contributed by atoms with Crippen molar-refractivity contribution in [3.05, 3.63) is 73.3 Å². The van der Waals surface area contributed by atoms with E-state index in [0.717, 1.165) is 44.9 Å². The van der Waals surface area contributed by atoms with E-state index in [1.165, 1.54) is 6.33 Å². The Labute approximate surface area is 180 Å². The molecule has 0 aliphatic carbocycles. The second kappa shape index (κ2) is 8.31. The monoisotopic (exact) mass is 412 g/mol. The largest absolute Gasteiger partial charge is 0.495 e. The van der Waals surface area contributed by atoms with Gasteiger partial charge in [0.05, 0.1) is 23.9 Å². The number of fused-ring (bicyclic) bond motifs is 1. The Bertz CT molecular complexity index is 1320. The molecule has 156 valence electrons. The van der Waals surface area contributed by atoms with E-state index in [2.05, 4.69) is 43.6 Å². The van der Waals surface area contributed by atoms with Crippen molar-refractivity contribution in [1.82, 2.24) is 24.7 Å². The van der Waals surface area contributed by atoms with Crippen molar-refractivity contribution < 1.29 is 4.74 Å². The van der Waals surface area contributed by atoms with Gasteiger partial charge in [-0.2, -0.15) is 5.10 Å². The van der Waals surface area contributed by atoms with Gasteiger partial charge in [-0.05, 0) is 29.3 Å². The molecule has 3 heterocycles. The molecule has 31 heavy (non-hydrogen) atoms. The number of anilines is 2. The predicted octanol–water partition coefficient (Wildman–Crippen LogP) is 5.41. The van der Waals surface area contributed by atoms with Crippen molar-refractivity contribution in [3.63, 3.8) is 0 Å². The van der Waals surface area contributed by atoms with Crippen molar-refractivity contribution in [3.8, 4) is 28.1 Å². The molecule has 2 aromatic carbocycles. The molecule has 0 atom stereocenters. The van der Waals surface area contributed by atoms with Crippen LogP contribution < -0.4 is 10.1 Å². The standard InChI is InChI=1S/C23H20N6O.CH4/c1-29-11-10-18(28-29)17-13-24-22-21(17)23(26-14-25-22)27-19-12-16(8-9-20(19)30-2)15-6-4-3-5-7-15;/h3-14H,1-2H3,(H2,24,25,26,27);1H4. The molecule has 0 unspecified atom stereocenters. The first kappa shape index (κ1) is 20.2. The van der Waals surface area contributed by atoms with Crippen molar-refractivity contribution in [2.45, 2.75) is 7.43 Å². The Hall–Kier alpha value is -4.13. The third-order valence-corrected chi connectivity index (χ3v) is 5.02. The van der Waals surface area contributed by atoms with Crippen molar-refractivity contribution in [2.24, 2.45) is 7.05 Å². The zero-order valence-electron chi connectivity index (χ0n) is 16.6. The molecule has 2 N–H and O–H groups in total. The van der Waals surface area contributed by atoms with Crippen LogP contribution in [0.2, 0.25) is 0 Å². The molecule has 5 aromatic rings. The number of hydrogen-bond acceptors (Lipinski definition) is 5. The van der Waals surface area contributed by atoms with Crippen LogP contribution in [0.5, 0.6) is 5.75 Å². The average molecular weight is 412 g/mol. The van der Waals surface area contributed by atoms with Gasteiger partial charge in [0, 0.05) is 25.0 Å². The summed E-state index contributed by atoms with van der Waals surface area (Å²) in [5.74, 6) is 1.42. The smallest absolute Gasteiger partial charge is 0.144 e. The van der Waals surface area contributed by atoms with Crippen molar-refractivity contribution >= 4 is 22.5 Å². The number of nitrogens with zero attached hydrogens (tertiary/aromatic N) is 4. The van der Waals surface area contributed by atoms with Crippen LogP contribution in [0.4, 0.5) is 11.5 Å². The lowest BCUT2D eigenvalue weighted by molar-refractivity contribution is 0.417. The molecule has 0 fully saturated rings. The number of nitrogens with one attached hydrogen (secondary N) is 2. The van der Waals surface area contributed by atoms with E-state index in [-0.39, 0.29) is 7.43 Å².